The standard InChI is InChI=1S/C20H20FN9O8P2S2/c21-13-11-6-35-39(32,41)34-2-1-29-12(26-10-3-9(4-22)5-24-16(10)29)7-36-40(33,42)38-15(13)19(37-11)30-8-25-14-17(30)27-20(23)28-18(14)31/h3,5,8,11,13-15,19H,1-2,6-7H2,(H,32,41)(H,33,42)(H2,23,28,31)/t11-,13-,14?,15-,19-,39?,40?/m1/s1. The minimum absolute atomic E-state index is 0.0463. The van der Waals surface area contributed by atoms with E-state index in [4.69, 9.17) is 40.0 Å². The van der Waals surface area contributed by atoms with E-state index < -0.39 is 69.2 Å². The van der Waals surface area contributed by atoms with Gasteiger partial charge in [-0.25, -0.2) is 18.9 Å². The number of amidine groups is 1. The summed E-state index contributed by atoms with van der Waals surface area (Å²) in [6.45, 7) is -9.43. The molecule has 4 aliphatic rings. The van der Waals surface area contributed by atoms with Crippen molar-refractivity contribution < 1.29 is 41.5 Å². The number of guanidine groups is 1. The van der Waals surface area contributed by atoms with Gasteiger partial charge in [-0.15, -0.1) is 0 Å². The van der Waals surface area contributed by atoms with Crippen molar-refractivity contribution in [3.8, 4) is 6.07 Å². The van der Waals surface area contributed by atoms with E-state index in [2.05, 4.69) is 37.5 Å². The molecule has 0 aromatic carbocycles. The fraction of sp³-hybridized carbons (Fsp3) is 0.450. The summed E-state index contributed by atoms with van der Waals surface area (Å²) in [5.41, 5.74) is 0.911. The van der Waals surface area contributed by atoms with Gasteiger partial charge in [-0.3, -0.25) is 34.5 Å². The van der Waals surface area contributed by atoms with Crippen molar-refractivity contribution in [3.05, 3.63) is 23.7 Å². The average molecular weight is 660 g/mol. The Balaban J connectivity index is 1.34. The van der Waals surface area contributed by atoms with Crippen molar-refractivity contribution in [2.24, 2.45) is 9.98 Å². The first kappa shape index (κ1) is 29.4. The molecule has 4 aliphatic heterocycles. The number of amides is 1. The third-order valence-electron chi connectivity index (χ3n) is 6.48. The van der Waals surface area contributed by atoms with Gasteiger partial charge in [0.1, 0.15) is 36.2 Å². The number of carbonyl (C=O) groups excluding carboxylic acids is 1. The van der Waals surface area contributed by atoms with Crippen molar-refractivity contribution in [1.82, 2.24) is 24.8 Å². The highest BCUT2D eigenvalue weighted by Gasteiger charge is 2.54. The van der Waals surface area contributed by atoms with Crippen molar-refractivity contribution >= 4 is 72.8 Å². The maximum absolute atomic E-state index is 15.8. The molecule has 3 unspecified atom stereocenters. The van der Waals surface area contributed by atoms with Crippen LogP contribution >= 0.6 is 25.8 Å². The molecule has 0 radical (unpaired) electrons. The fourth-order valence-corrected chi connectivity index (χ4v) is 7.13. The molecule has 7 atom stereocenters. The predicted molar refractivity (Wildman–Crippen MR) is 148 cm³/mol. The number of alkyl halides is 1. The zero-order valence-corrected chi connectivity index (χ0v) is 24.5. The van der Waals surface area contributed by atoms with Crippen LogP contribution in [0.3, 0.4) is 0 Å². The molecule has 6 rings (SSSR count). The van der Waals surface area contributed by atoms with Gasteiger partial charge in [0.25, 0.3) is 5.91 Å². The highest BCUT2D eigenvalue weighted by atomic mass is 32.7. The summed E-state index contributed by atoms with van der Waals surface area (Å²) in [5.74, 6) is -0.968. The van der Waals surface area contributed by atoms with Gasteiger partial charge in [0, 0.05) is 12.7 Å². The Morgan fingerprint density at radius 1 is 1.36 bits per heavy atom. The number of nitrogens with zero attached hydrogens (tertiary/aromatic N) is 7. The van der Waals surface area contributed by atoms with E-state index in [-0.39, 0.29) is 30.4 Å². The zero-order chi connectivity index (χ0) is 29.8. The first-order valence-corrected chi connectivity index (χ1v) is 17.4. The van der Waals surface area contributed by atoms with Crippen LogP contribution in [0.4, 0.5) is 4.39 Å². The predicted octanol–water partition coefficient (Wildman–Crippen LogP) is 0.745. The number of fused-ring (bicyclic) bond motifs is 6. The van der Waals surface area contributed by atoms with Crippen LogP contribution in [0.2, 0.25) is 0 Å². The van der Waals surface area contributed by atoms with E-state index in [1.807, 2.05) is 6.07 Å². The third-order valence-corrected chi connectivity index (χ3v) is 9.69. The van der Waals surface area contributed by atoms with Gasteiger partial charge >= 0.3 is 13.5 Å². The van der Waals surface area contributed by atoms with Crippen molar-refractivity contribution in [3.63, 3.8) is 0 Å². The number of nitriles is 1. The quantitative estimate of drug-likeness (QED) is 0.246. The highest BCUT2D eigenvalue weighted by molar-refractivity contribution is 8.44. The van der Waals surface area contributed by atoms with Gasteiger partial charge in [-0.1, -0.05) is 12.2 Å². The molecule has 0 saturated carbocycles. The van der Waals surface area contributed by atoms with Crippen molar-refractivity contribution in [2.75, 3.05) is 13.2 Å². The number of hydrogen-bond donors (Lipinski definition) is 4. The number of thiol groups is 1. The van der Waals surface area contributed by atoms with Crippen LogP contribution in [0.5, 0.6) is 0 Å². The lowest BCUT2D eigenvalue weighted by atomic mass is 10.1. The highest BCUT2D eigenvalue weighted by Crippen LogP contribution is 2.57. The number of ether oxygens (including phenoxy) is 1. The number of halogens is 1. The molecule has 0 aliphatic carbocycles. The lowest BCUT2D eigenvalue weighted by Crippen LogP contribution is -2.53. The normalized spacial score (nSPS) is 35.5. The second-order valence-electron chi connectivity index (χ2n) is 9.16. The van der Waals surface area contributed by atoms with Crippen LogP contribution in [-0.2, 0) is 57.1 Å². The minimum Gasteiger partial charge on any atom is -0.346 e. The molecule has 22 heteroatoms. The maximum Gasteiger partial charge on any atom is 0.387 e. The molecule has 1 saturated heterocycles. The molecule has 1 fully saturated rings. The first-order chi connectivity index (χ1) is 19.9. The maximum atomic E-state index is 15.8. The summed E-state index contributed by atoms with van der Waals surface area (Å²) in [6.07, 6.45) is -4.05. The zero-order valence-electron chi connectivity index (χ0n) is 21.0. The van der Waals surface area contributed by atoms with Gasteiger partial charge in [0.15, 0.2) is 29.9 Å². The number of imidazole rings is 1. The number of pyridine rings is 1. The SMILES string of the molecule is N#Cc1cnc2c(c1)nc1n2CCOP(O)(=S)OC[C@H]2O[C@@H](N3C=NC4C(=O)NC(=N)N=C43)[C@H](OP(=O)(S)OC1)[C@@H]2F. The third kappa shape index (κ3) is 5.65. The molecule has 1 amide bonds. The minimum atomic E-state index is -4.35. The summed E-state index contributed by atoms with van der Waals surface area (Å²) in [7, 11) is 0. The van der Waals surface area contributed by atoms with E-state index in [9.17, 15) is 19.5 Å². The second-order valence-corrected chi connectivity index (χ2v) is 14.9. The van der Waals surface area contributed by atoms with E-state index >= 15 is 4.39 Å². The van der Waals surface area contributed by atoms with E-state index in [0.29, 0.717) is 11.2 Å². The molecule has 3 N–H and O–H groups in total. The van der Waals surface area contributed by atoms with E-state index in [0.717, 1.165) is 6.34 Å². The van der Waals surface area contributed by atoms with Gasteiger partial charge in [-0.05, 0) is 17.9 Å². The summed E-state index contributed by atoms with van der Waals surface area (Å²) >= 11 is 9.13. The molecule has 17 nitrogen and oxygen atoms in total. The van der Waals surface area contributed by atoms with Crippen LogP contribution in [0.15, 0.2) is 22.2 Å². The number of hydrogen-bond acceptors (Lipinski definition) is 14. The molecule has 2 aromatic heterocycles. The van der Waals surface area contributed by atoms with Gasteiger partial charge in [0.2, 0.25) is 5.96 Å². The smallest absolute Gasteiger partial charge is 0.346 e. The number of aromatic nitrogens is 3. The lowest BCUT2D eigenvalue weighted by molar-refractivity contribution is -0.119. The van der Waals surface area contributed by atoms with Crippen LogP contribution in [-0.4, -0.2) is 92.2 Å². The second kappa shape index (κ2) is 11.1. The molecular weight excluding hydrogens is 639 g/mol. The van der Waals surface area contributed by atoms with Crippen molar-refractivity contribution in [2.45, 2.75) is 43.8 Å². The Kier molecular flexibility index (Phi) is 7.77. The van der Waals surface area contributed by atoms with Crippen LogP contribution in [0, 0.1) is 16.7 Å². The van der Waals surface area contributed by atoms with E-state index in [1.165, 1.54) is 21.7 Å². The average Bonchev–Trinajstić information content (AvgIpc) is 3.59. The van der Waals surface area contributed by atoms with Gasteiger partial charge in [-0.2, -0.15) is 10.3 Å². The van der Waals surface area contributed by atoms with Gasteiger partial charge < -0.3 is 23.2 Å². The molecule has 2 bridgehead atoms. The fourth-order valence-electron chi connectivity index (χ4n) is 4.64. The Morgan fingerprint density at radius 3 is 2.95 bits per heavy atom. The van der Waals surface area contributed by atoms with Gasteiger partial charge in [0.05, 0.1) is 25.1 Å². The number of nitrogens with one attached hydrogen (secondary N) is 2. The monoisotopic (exact) mass is 659 g/mol. The number of carbonyl (C=O) groups is 1. The Morgan fingerprint density at radius 2 is 2.17 bits per heavy atom. The molecule has 222 valence electrons. The number of rotatable bonds is 1. The summed E-state index contributed by atoms with van der Waals surface area (Å²) in [6, 6.07) is 2.33. The largest absolute Gasteiger partial charge is 0.387 e. The molecule has 42 heavy (non-hydrogen) atoms. The first-order valence-electron chi connectivity index (χ1n) is 12.1. The van der Waals surface area contributed by atoms with Crippen LogP contribution in [0.25, 0.3) is 11.2 Å². The summed E-state index contributed by atoms with van der Waals surface area (Å²) in [4.78, 5) is 40.8. The Hall–Kier alpha value is -2.69. The molecule has 6 heterocycles. The Labute approximate surface area is 246 Å². The molecule has 0 spiro atoms. The number of aliphatic imine (C=N–C) groups is 2. The van der Waals surface area contributed by atoms with E-state index in [1.54, 1.807) is 0 Å². The molecule has 2 aromatic rings. The lowest BCUT2D eigenvalue weighted by Gasteiger charge is -2.30. The Bertz CT molecular complexity index is 1680. The van der Waals surface area contributed by atoms with Crippen molar-refractivity contribution in [1.29, 1.82) is 10.7 Å². The topological polar surface area (TPSA) is 219 Å². The van der Waals surface area contributed by atoms with Crippen LogP contribution < -0.4 is 5.32 Å². The van der Waals surface area contributed by atoms with Crippen LogP contribution in [0.1, 0.15) is 11.4 Å². The molecular formula is C20H20FN9O8P2S2. The summed E-state index contributed by atoms with van der Waals surface area (Å²) < 4.78 is 58.5. The summed E-state index contributed by atoms with van der Waals surface area (Å²) in [5, 5.41) is 19.2.